The summed E-state index contributed by atoms with van der Waals surface area (Å²) in [5.74, 6) is 4.09. The summed E-state index contributed by atoms with van der Waals surface area (Å²) in [5, 5.41) is 5.74. The van der Waals surface area contributed by atoms with Gasteiger partial charge in [0.25, 0.3) is 0 Å². The van der Waals surface area contributed by atoms with Crippen LogP contribution in [0.4, 0.5) is 10.2 Å². The Morgan fingerprint density at radius 2 is 1.67 bits per heavy atom. The number of aromatic nitrogens is 3. The molecule has 0 bridgehead atoms. The van der Waals surface area contributed by atoms with Crippen molar-refractivity contribution in [3.63, 3.8) is 0 Å². The minimum absolute atomic E-state index is 0.0397. The largest absolute Gasteiger partial charge is 0.609 e. The minimum Gasteiger partial charge on any atom is -0.609 e. The quantitative estimate of drug-likeness (QED) is 0.0489. The zero-order valence-electron chi connectivity index (χ0n) is 28.8. The number of nitrogens with one attached hydrogen (secondary N) is 1. The van der Waals surface area contributed by atoms with Gasteiger partial charge in [-0.1, -0.05) is 83.9 Å². The standard InChI is InChI=1S/C38H43FN4O3SSi/c1-24(2)48(25(3)4,26(5)6)17-16-30-33(39)15-14-28-18-29(46-23-45-7)19-31(36(28)30)34-20-35-32(22-41-38(43-35)47(8)44)37(42-34)40-21-27-12-10-9-11-13-27/h9-15,18-20,22,24-26H,21,23H2,1-8H3,(H,40,42). The molecule has 2 heterocycles. The molecule has 7 nitrogen and oxygen atoms in total. The summed E-state index contributed by atoms with van der Waals surface area (Å²) in [6.07, 6.45) is 3.19. The summed E-state index contributed by atoms with van der Waals surface area (Å²) in [6, 6.07) is 18.7. The van der Waals surface area contributed by atoms with Gasteiger partial charge in [-0.05, 0) is 51.8 Å². The maximum absolute atomic E-state index is 16.1. The van der Waals surface area contributed by atoms with Crippen molar-refractivity contribution >= 4 is 46.7 Å². The zero-order chi connectivity index (χ0) is 34.6. The highest BCUT2D eigenvalue weighted by Gasteiger charge is 2.41. The molecule has 5 rings (SSSR count). The van der Waals surface area contributed by atoms with E-state index >= 15 is 4.39 Å². The first-order valence-electron chi connectivity index (χ1n) is 16.2. The van der Waals surface area contributed by atoms with Gasteiger partial charge in [0.1, 0.15) is 31.7 Å². The molecule has 0 spiro atoms. The lowest BCUT2D eigenvalue weighted by atomic mass is 9.96. The van der Waals surface area contributed by atoms with Gasteiger partial charge in [0.15, 0.2) is 6.79 Å². The number of rotatable bonds is 11. The summed E-state index contributed by atoms with van der Waals surface area (Å²) in [7, 11) is -0.632. The van der Waals surface area contributed by atoms with Crippen molar-refractivity contribution in [2.45, 2.75) is 69.9 Å². The molecular formula is C38H43FN4O3SSi. The fraction of sp³-hybridized carbons (Fsp3) is 0.342. The van der Waals surface area contributed by atoms with Crippen molar-refractivity contribution in [2.24, 2.45) is 0 Å². The Bertz CT molecular complexity index is 1950. The molecule has 1 atom stereocenters. The number of ether oxygens (including phenoxy) is 2. The van der Waals surface area contributed by atoms with Crippen LogP contribution in [0.5, 0.6) is 5.75 Å². The topological polar surface area (TPSA) is 92.2 Å². The number of hydrogen-bond acceptors (Lipinski definition) is 7. The third-order valence-electron chi connectivity index (χ3n) is 9.05. The Labute approximate surface area is 286 Å². The lowest BCUT2D eigenvalue weighted by Crippen LogP contribution is -2.43. The van der Waals surface area contributed by atoms with Crippen molar-refractivity contribution in [3.05, 3.63) is 83.8 Å². The monoisotopic (exact) mass is 682 g/mol. The fourth-order valence-corrected chi connectivity index (χ4v) is 12.4. The minimum atomic E-state index is -2.19. The lowest BCUT2D eigenvalue weighted by Gasteiger charge is -2.38. The molecule has 1 unspecified atom stereocenters. The number of methoxy groups -OCH3 is 1. The predicted molar refractivity (Wildman–Crippen MR) is 197 cm³/mol. The van der Waals surface area contributed by atoms with Crippen LogP contribution < -0.4 is 10.1 Å². The van der Waals surface area contributed by atoms with Gasteiger partial charge in [0.2, 0.25) is 0 Å². The normalized spacial score (nSPS) is 12.5. The zero-order valence-corrected chi connectivity index (χ0v) is 30.7. The molecule has 0 aliphatic heterocycles. The summed E-state index contributed by atoms with van der Waals surface area (Å²) >= 11 is -1.40. The Morgan fingerprint density at radius 3 is 2.31 bits per heavy atom. The first kappa shape index (κ1) is 35.3. The van der Waals surface area contributed by atoms with Crippen LogP contribution in [0.25, 0.3) is 32.9 Å². The summed E-state index contributed by atoms with van der Waals surface area (Å²) in [5.41, 5.74) is 8.00. The summed E-state index contributed by atoms with van der Waals surface area (Å²) < 4.78 is 39.6. The van der Waals surface area contributed by atoms with Crippen LogP contribution in [-0.2, 0) is 22.5 Å². The van der Waals surface area contributed by atoms with Crippen molar-refractivity contribution in [1.82, 2.24) is 15.0 Å². The first-order chi connectivity index (χ1) is 23.0. The molecule has 3 aromatic carbocycles. The number of pyridine rings is 1. The van der Waals surface area contributed by atoms with E-state index in [4.69, 9.17) is 14.5 Å². The van der Waals surface area contributed by atoms with Gasteiger partial charge in [-0.3, -0.25) is 0 Å². The molecule has 0 saturated heterocycles. The van der Waals surface area contributed by atoms with E-state index in [2.05, 4.69) is 68.3 Å². The molecule has 0 aliphatic rings. The van der Waals surface area contributed by atoms with Gasteiger partial charge in [0, 0.05) is 42.0 Å². The van der Waals surface area contributed by atoms with E-state index in [0.717, 1.165) is 10.9 Å². The van der Waals surface area contributed by atoms with Gasteiger partial charge in [0.05, 0.1) is 22.2 Å². The fourth-order valence-electron chi connectivity index (χ4n) is 6.76. The van der Waals surface area contributed by atoms with E-state index in [9.17, 15) is 4.55 Å². The second-order valence-corrected chi connectivity index (χ2v) is 19.8. The third-order valence-corrected chi connectivity index (χ3v) is 16.0. The van der Waals surface area contributed by atoms with E-state index in [-0.39, 0.29) is 11.9 Å². The SMILES string of the molecule is COCOc1cc(-c2cc3nc([S+](C)[O-])ncc3c(NCc3ccccc3)n2)c2c(C#C[Si](C(C)C)(C(C)C)C(C)C)c(F)ccc2c1. The van der Waals surface area contributed by atoms with Crippen LogP contribution in [0.15, 0.2) is 72.0 Å². The molecule has 0 saturated carbocycles. The highest BCUT2D eigenvalue weighted by Crippen LogP contribution is 2.42. The van der Waals surface area contributed by atoms with E-state index in [0.29, 0.717) is 67.8 Å². The van der Waals surface area contributed by atoms with Crippen LogP contribution in [0.3, 0.4) is 0 Å². The number of anilines is 1. The smallest absolute Gasteiger partial charge is 0.342 e. The lowest BCUT2D eigenvalue weighted by molar-refractivity contribution is 0.0512. The van der Waals surface area contributed by atoms with E-state index in [1.54, 1.807) is 25.6 Å². The molecule has 5 aromatic rings. The second kappa shape index (κ2) is 15.0. The summed E-state index contributed by atoms with van der Waals surface area (Å²) in [6.45, 7) is 14.0. The van der Waals surface area contributed by atoms with Crippen LogP contribution in [-0.4, -0.2) is 47.7 Å². The number of halogens is 1. The number of nitrogens with zero attached hydrogens (tertiary/aromatic N) is 3. The Morgan fingerprint density at radius 1 is 0.958 bits per heavy atom. The predicted octanol–water partition coefficient (Wildman–Crippen LogP) is 8.89. The number of benzene rings is 3. The third kappa shape index (κ3) is 7.20. The molecular weight excluding hydrogens is 640 g/mol. The van der Waals surface area contributed by atoms with Crippen molar-refractivity contribution in [3.8, 4) is 28.5 Å². The van der Waals surface area contributed by atoms with Crippen molar-refractivity contribution < 1.29 is 18.4 Å². The van der Waals surface area contributed by atoms with Crippen LogP contribution in [0.1, 0.15) is 52.7 Å². The van der Waals surface area contributed by atoms with E-state index in [1.165, 1.54) is 6.07 Å². The molecule has 0 radical (unpaired) electrons. The molecule has 10 heteroatoms. The molecule has 250 valence electrons. The van der Waals surface area contributed by atoms with Crippen LogP contribution in [0, 0.1) is 17.3 Å². The Hall–Kier alpha value is -4.01. The average molecular weight is 683 g/mol. The second-order valence-electron chi connectivity index (χ2n) is 12.9. The van der Waals surface area contributed by atoms with Crippen LogP contribution in [0.2, 0.25) is 16.6 Å². The van der Waals surface area contributed by atoms with E-state index < -0.39 is 25.1 Å². The number of fused-ring (bicyclic) bond motifs is 2. The van der Waals surface area contributed by atoms with Gasteiger partial charge < -0.3 is 19.3 Å². The first-order valence-corrected chi connectivity index (χ1v) is 20.0. The van der Waals surface area contributed by atoms with E-state index in [1.807, 2.05) is 48.5 Å². The maximum atomic E-state index is 16.1. The van der Waals surface area contributed by atoms with Crippen LogP contribution >= 0.6 is 0 Å². The Kier molecular flexibility index (Phi) is 11.1. The Balaban J connectivity index is 1.81. The average Bonchev–Trinajstić information content (AvgIpc) is 3.06. The molecule has 0 amide bonds. The van der Waals surface area contributed by atoms with Gasteiger partial charge in [-0.15, -0.1) is 5.54 Å². The van der Waals surface area contributed by atoms with Gasteiger partial charge in [-0.2, -0.15) is 9.97 Å². The van der Waals surface area contributed by atoms with Gasteiger partial charge >= 0.3 is 5.16 Å². The van der Waals surface area contributed by atoms with Gasteiger partial charge in [-0.25, -0.2) is 9.37 Å². The number of hydrogen-bond donors (Lipinski definition) is 1. The van der Waals surface area contributed by atoms with Crippen molar-refractivity contribution in [1.29, 1.82) is 0 Å². The molecule has 0 fully saturated rings. The van der Waals surface area contributed by atoms with Crippen molar-refractivity contribution in [2.75, 3.05) is 25.5 Å². The maximum Gasteiger partial charge on any atom is 0.342 e. The molecule has 0 aliphatic carbocycles. The molecule has 1 N–H and O–H groups in total. The highest BCUT2D eigenvalue weighted by atomic mass is 32.2. The highest BCUT2D eigenvalue weighted by molar-refractivity contribution is 7.90. The molecule has 2 aromatic heterocycles. The summed E-state index contributed by atoms with van der Waals surface area (Å²) in [4.78, 5) is 14.1. The molecule has 48 heavy (non-hydrogen) atoms.